The molecule has 28 heavy (non-hydrogen) atoms. The van der Waals surface area contributed by atoms with Crippen LogP contribution in [-0.4, -0.2) is 44.2 Å². The Labute approximate surface area is 170 Å². The van der Waals surface area contributed by atoms with Gasteiger partial charge in [-0.1, -0.05) is 35.6 Å². The maximum Gasteiger partial charge on any atom is 0.260 e. The number of hydrogen-bond acceptors (Lipinski definition) is 4. The van der Waals surface area contributed by atoms with Crippen LogP contribution in [0.1, 0.15) is 29.8 Å². The van der Waals surface area contributed by atoms with Gasteiger partial charge >= 0.3 is 0 Å². The van der Waals surface area contributed by atoms with Crippen molar-refractivity contribution >= 4 is 32.6 Å². The molecule has 0 saturated heterocycles. The Bertz CT molecular complexity index is 950. The first-order valence-electron chi connectivity index (χ1n) is 9.73. The van der Waals surface area contributed by atoms with E-state index in [9.17, 15) is 4.79 Å². The van der Waals surface area contributed by atoms with E-state index in [1.807, 2.05) is 54.3 Å². The Balaban J connectivity index is 2.00. The number of fused-ring (bicyclic) bond motifs is 1. The summed E-state index contributed by atoms with van der Waals surface area (Å²) in [5.74, 6) is 0.736. The number of anilines is 1. The van der Waals surface area contributed by atoms with Gasteiger partial charge in [-0.05, 0) is 44.5 Å². The molecule has 0 fully saturated rings. The molecule has 0 aliphatic carbocycles. The molecule has 1 N–H and O–H groups in total. The number of ether oxygens (including phenoxy) is 1. The second-order valence-electron chi connectivity index (χ2n) is 6.78. The number of aromatic nitrogens is 1. The average molecular weight is 399 g/mol. The first kappa shape index (κ1) is 20.3. The Morgan fingerprint density at radius 3 is 2.57 bits per heavy atom. The fourth-order valence-corrected chi connectivity index (χ4v) is 4.32. The fraction of sp³-hybridized carbons (Fsp3) is 0.364. The van der Waals surface area contributed by atoms with E-state index in [1.54, 1.807) is 7.11 Å². The average Bonchev–Trinajstić information content (AvgIpc) is 3.15. The molecule has 148 valence electrons. The van der Waals surface area contributed by atoms with E-state index in [0.29, 0.717) is 6.54 Å². The molecule has 1 aromatic heterocycles. The van der Waals surface area contributed by atoms with E-state index >= 15 is 0 Å². The summed E-state index contributed by atoms with van der Waals surface area (Å²) in [4.78, 5) is 21.5. The number of quaternary nitrogens is 1. The van der Waals surface area contributed by atoms with Crippen LogP contribution in [0.25, 0.3) is 10.2 Å². The number of amides is 1. The quantitative estimate of drug-likeness (QED) is 0.634. The van der Waals surface area contributed by atoms with Crippen LogP contribution < -0.4 is 14.5 Å². The van der Waals surface area contributed by atoms with Crippen molar-refractivity contribution < 1.29 is 14.4 Å². The minimum atomic E-state index is 0.00248. The number of carbonyl (C=O) groups excluding carboxylic acids is 1. The summed E-state index contributed by atoms with van der Waals surface area (Å²) in [6, 6.07) is 13.6. The lowest BCUT2D eigenvalue weighted by Crippen LogP contribution is -3.12. The minimum absolute atomic E-state index is 0.00248. The van der Waals surface area contributed by atoms with Crippen molar-refractivity contribution in [1.29, 1.82) is 0 Å². The van der Waals surface area contributed by atoms with Crippen LogP contribution in [0.2, 0.25) is 0 Å². The molecule has 5 nitrogen and oxygen atoms in total. The van der Waals surface area contributed by atoms with Gasteiger partial charge in [0, 0.05) is 5.56 Å². The normalized spacial score (nSPS) is 11.2. The summed E-state index contributed by atoms with van der Waals surface area (Å²) in [6.45, 7) is 9.92. The molecule has 1 heterocycles. The lowest BCUT2D eigenvalue weighted by molar-refractivity contribution is -0.894. The lowest BCUT2D eigenvalue weighted by Gasteiger charge is -2.23. The first-order valence-corrected chi connectivity index (χ1v) is 10.5. The molecule has 3 aromatic rings. The molecule has 0 atom stereocenters. The summed E-state index contributed by atoms with van der Waals surface area (Å²) in [7, 11) is 1.65. The molecule has 0 unspecified atom stereocenters. The van der Waals surface area contributed by atoms with Gasteiger partial charge in [0.1, 0.15) is 11.3 Å². The predicted molar refractivity (Wildman–Crippen MR) is 116 cm³/mol. The summed E-state index contributed by atoms with van der Waals surface area (Å²) in [6.07, 6.45) is 0. The summed E-state index contributed by atoms with van der Waals surface area (Å²) < 4.78 is 6.47. The molecular weight excluding hydrogens is 370 g/mol. The molecular formula is C22H28N3O2S+. The van der Waals surface area contributed by atoms with Gasteiger partial charge in [-0.25, -0.2) is 4.98 Å². The highest BCUT2D eigenvalue weighted by Crippen LogP contribution is 2.34. The molecule has 0 aliphatic heterocycles. The molecule has 6 heteroatoms. The van der Waals surface area contributed by atoms with Crippen molar-refractivity contribution in [3.63, 3.8) is 0 Å². The lowest BCUT2D eigenvalue weighted by atomic mass is 10.1. The van der Waals surface area contributed by atoms with Gasteiger partial charge in [0.15, 0.2) is 5.13 Å². The highest BCUT2D eigenvalue weighted by molar-refractivity contribution is 7.22. The number of benzene rings is 2. The van der Waals surface area contributed by atoms with E-state index in [1.165, 1.54) is 16.2 Å². The zero-order valence-electron chi connectivity index (χ0n) is 17.0. The molecule has 2 aromatic carbocycles. The number of hydrogen-bond donors (Lipinski definition) is 1. The zero-order chi connectivity index (χ0) is 20.1. The number of carbonyl (C=O) groups is 1. The second kappa shape index (κ2) is 9.17. The topological polar surface area (TPSA) is 46.9 Å². The maximum absolute atomic E-state index is 13.4. The molecule has 0 aliphatic rings. The molecule has 0 radical (unpaired) electrons. The van der Waals surface area contributed by atoms with Crippen LogP contribution in [0.5, 0.6) is 5.75 Å². The number of para-hydroxylation sites is 1. The Morgan fingerprint density at radius 2 is 1.89 bits per heavy atom. The van der Waals surface area contributed by atoms with Crippen LogP contribution in [0, 0.1) is 6.92 Å². The molecule has 1 amide bonds. The summed E-state index contributed by atoms with van der Waals surface area (Å²) in [5, 5.41) is 0.722. The van der Waals surface area contributed by atoms with Gasteiger partial charge in [-0.2, -0.15) is 0 Å². The van der Waals surface area contributed by atoms with E-state index < -0.39 is 0 Å². The Morgan fingerprint density at radius 1 is 1.14 bits per heavy atom. The third-order valence-corrected chi connectivity index (χ3v) is 6.17. The minimum Gasteiger partial charge on any atom is -0.494 e. The van der Waals surface area contributed by atoms with Crippen molar-refractivity contribution in [1.82, 2.24) is 4.98 Å². The Kier molecular flexibility index (Phi) is 6.65. The molecule has 0 spiro atoms. The number of nitrogens with one attached hydrogen (secondary N) is 1. The largest absolute Gasteiger partial charge is 0.494 e. The number of rotatable bonds is 8. The van der Waals surface area contributed by atoms with Crippen molar-refractivity contribution in [3.8, 4) is 5.75 Å². The maximum atomic E-state index is 13.4. The van der Waals surface area contributed by atoms with Crippen LogP contribution >= 0.6 is 11.3 Å². The third-order valence-electron chi connectivity index (χ3n) is 5.13. The summed E-state index contributed by atoms with van der Waals surface area (Å²) >= 11 is 1.54. The van der Waals surface area contributed by atoms with Crippen LogP contribution in [0.15, 0.2) is 42.5 Å². The van der Waals surface area contributed by atoms with Gasteiger partial charge in [0.2, 0.25) is 0 Å². The predicted octanol–water partition coefficient (Wildman–Crippen LogP) is 3.18. The van der Waals surface area contributed by atoms with Crippen molar-refractivity contribution in [2.75, 3.05) is 38.2 Å². The zero-order valence-corrected chi connectivity index (χ0v) is 17.8. The van der Waals surface area contributed by atoms with Crippen LogP contribution in [-0.2, 0) is 0 Å². The van der Waals surface area contributed by atoms with Gasteiger partial charge in [-0.3, -0.25) is 9.69 Å². The highest BCUT2D eigenvalue weighted by Gasteiger charge is 2.24. The van der Waals surface area contributed by atoms with Crippen molar-refractivity contribution in [2.24, 2.45) is 0 Å². The highest BCUT2D eigenvalue weighted by atomic mass is 32.1. The van der Waals surface area contributed by atoms with Gasteiger partial charge in [0.25, 0.3) is 5.91 Å². The number of thiazole rings is 1. The van der Waals surface area contributed by atoms with Gasteiger partial charge < -0.3 is 9.64 Å². The Hall–Kier alpha value is -2.44. The number of methoxy groups -OCH3 is 1. The van der Waals surface area contributed by atoms with Crippen molar-refractivity contribution in [3.05, 3.63) is 53.6 Å². The van der Waals surface area contributed by atoms with E-state index in [0.717, 1.165) is 51.9 Å². The molecule has 3 rings (SSSR count). The molecule has 0 bridgehead atoms. The van der Waals surface area contributed by atoms with E-state index in [2.05, 4.69) is 13.8 Å². The number of likely N-dealkylation sites (N-methyl/N-ethyl adjacent to an activating group) is 1. The standard InChI is InChI=1S/C22H27N3O2S/c1-5-24(6-2)14-15-25(21(26)17-11-8-7-10-16(17)3)22-23-20-18(27-4)12-9-13-19(20)28-22/h7-13H,5-6,14-15H2,1-4H3/p+1. The third kappa shape index (κ3) is 4.18. The first-order chi connectivity index (χ1) is 13.6. The van der Waals surface area contributed by atoms with E-state index in [4.69, 9.17) is 9.72 Å². The second-order valence-corrected chi connectivity index (χ2v) is 7.79. The monoisotopic (exact) mass is 398 g/mol. The molecule has 0 saturated carbocycles. The van der Waals surface area contributed by atoms with Crippen LogP contribution in [0.4, 0.5) is 5.13 Å². The smallest absolute Gasteiger partial charge is 0.260 e. The van der Waals surface area contributed by atoms with E-state index in [-0.39, 0.29) is 5.91 Å². The van der Waals surface area contributed by atoms with Gasteiger partial charge in [0.05, 0.1) is 38.0 Å². The number of aryl methyl sites for hydroxylation is 1. The SMILES string of the molecule is CC[NH+](CC)CCN(C(=O)c1ccccc1C)c1nc2c(OC)cccc2s1. The van der Waals surface area contributed by atoms with Crippen LogP contribution in [0.3, 0.4) is 0 Å². The summed E-state index contributed by atoms with van der Waals surface area (Å²) in [5.41, 5.74) is 2.51. The fourth-order valence-electron chi connectivity index (χ4n) is 3.31. The van der Waals surface area contributed by atoms with Gasteiger partial charge in [-0.15, -0.1) is 0 Å². The van der Waals surface area contributed by atoms with Crippen molar-refractivity contribution in [2.45, 2.75) is 20.8 Å². The number of nitrogens with zero attached hydrogens (tertiary/aromatic N) is 2.